The molecule has 0 aromatic heterocycles. The monoisotopic (exact) mass is 368 g/mol. The minimum absolute atomic E-state index is 0.217. The Labute approximate surface area is 148 Å². The number of hydrogen-bond donors (Lipinski definition) is 0. The second-order valence-electron chi connectivity index (χ2n) is 6.07. The van der Waals surface area contributed by atoms with Crippen LogP contribution in [0.4, 0.5) is 0 Å². The van der Waals surface area contributed by atoms with Crippen molar-refractivity contribution in [1.82, 2.24) is 9.21 Å². The Balaban J connectivity index is 2.00. The fourth-order valence-corrected chi connectivity index (χ4v) is 4.37. The summed E-state index contributed by atoms with van der Waals surface area (Å²) in [5, 5.41) is 0. The van der Waals surface area contributed by atoms with Crippen molar-refractivity contribution in [3.8, 4) is 0 Å². The van der Waals surface area contributed by atoms with E-state index in [9.17, 15) is 18.0 Å². The molecule has 1 aliphatic rings. The van der Waals surface area contributed by atoms with Gasteiger partial charge < -0.3 is 9.64 Å². The van der Waals surface area contributed by atoms with E-state index in [2.05, 4.69) is 0 Å². The molecule has 0 aliphatic carbocycles. The van der Waals surface area contributed by atoms with Gasteiger partial charge in [0.1, 0.15) is 0 Å². The zero-order chi connectivity index (χ0) is 18.6. The summed E-state index contributed by atoms with van der Waals surface area (Å²) in [5.41, 5.74) is 1.59. The van der Waals surface area contributed by atoms with E-state index in [4.69, 9.17) is 4.74 Å². The number of rotatable bonds is 5. The highest BCUT2D eigenvalue weighted by Crippen LogP contribution is 2.22. The van der Waals surface area contributed by atoms with Crippen molar-refractivity contribution in [2.45, 2.75) is 32.1 Å². The van der Waals surface area contributed by atoms with Crippen molar-refractivity contribution in [3.05, 3.63) is 29.3 Å². The number of aryl methyl sites for hydroxylation is 2. The van der Waals surface area contributed by atoms with E-state index in [1.165, 1.54) is 9.21 Å². The van der Waals surface area contributed by atoms with Crippen molar-refractivity contribution in [1.29, 1.82) is 0 Å². The van der Waals surface area contributed by atoms with E-state index < -0.39 is 16.0 Å². The molecular formula is C17H24N2O5S. The highest BCUT2D eigenvalue weighted by molar-refractivity contribution is 7.89. The average Bonchev–Trinajstić information content (AvgIpc) is 2.61. The summed E-state index contributed by atoms with van der Waals surface area (Å²) in [4.78, 5) is 25.0. The molecule has 0 bridgehead atoms. The molecule has 1 amide bonds. The summed E-state index contributed by atoms with van der Waals surface area (Å²) in [6.07, 6.45) is 0.217. The van der Waals surface area contributed by atoms with E-state index in [0.717, 1.165) is 5.56 Å². The lowest BCUT2D eigenvalue weighted by atomic mass is 10.2. The first kappa shape index (κ1) is 19.4. The Kier molecular flexibility index (Phi) is 6.18. The lowest BCUT2D eigenvalue weighted by Gasteiger charge is -2.34. The number of ether oxygens (including phenoxy) is 1. The molecule has 1 heterocycles. The number of carbonyl (C=O) groups is 2. The van der Waals surface area contributed by atoms with Crippen molar-refractivity contribution >= 4 is 21.9 Å². The normalized spacial score (nSPS) is 15.9. The maximum atomic E-state index is 12.8. The van der Waals surface area contributed by atoms with Gasteiger partial charge in [-0.1, -0.05) is 19.1 Å². The van der Waals surface area contributed by atoms with Crippen LogP contribution >= 0.6 is 0 Å². The van der Waals surface area contributed by atoms with Crippen molar-refractivity contribution in [2.75, 3.05) is 32.8 Å². The van der Waals surface area contributed by atoms with Gasteiger partial charge in [0.05, 0.1) is 4.90 Å². The highest BCUT2D eigenvalue weighted by Gasteiger charge is 2.31. The fourth-order valence-electron chi connectivity index (χ4n) is 2.64. The summed E-state index contributed by atoms with van der Waals surface area (Å²) in [6.45, 7) is 6.01. The van der Waals surface area contributed by atoms with Gasteiger partial charge >= 0.3 is 5.97 Å². The quantitative estimate of drug-likeness (QED) is 0.727. The van der Waals surface area contributed by atoms with Crippen molar-refractivity contribution < 1.29 is 22.7 Å². The Morgan fingerprint density at radius 1 is 1.12 bits per heavy atom. The lowest BCUT2D eigenvalue weighted by Crippen LogP contribution is -2.51. The fraction of sp³-hybridized carbons (Fsp3) is 0.529. The number of esters is 1. The van der Waals surface area contributed by atoms with E-state index in [1.807, 2.05) is 13.0 Å². The average molecular weight is 368 g/mol. The molecule has 0 saturated carbocycles. The number of carbonyl (C=O) groups excluding carboxylic acids is 2. The Morgan fingerprint density at radius 2 is 1.76 bits per heavy atom. The first-order valence-electron chi connectivity index (χ1n) is 8.26. The zero-order valence-corrected chi connectivity index (χ0v) is 15.6. The summed E-state index contributed by atoms with van der Waals surface area (Å²) in [6, 6.07) is 5.35. The number of hydrogen-bond acceptors (Lipinski definition) is 5. The molecule has 1 fully saturated rings. The van der Waals surface area contributed by atoms with Gasteiger partial charge in [0.25, 0.3) is 5.91 Å². The molecule has 2 rings (SSSR count). The molecule has 0 unspecified atom stereocenters. The standard InChI is InChI=1S/C17H24N2O5S/c1-4-17(21)24-12-16(20)18-7-9-19(10-8-18)25(22,23)15-11-13(2)5-6-14(15)3/h5-6,11H,4,7-10,12H2,1-3H3. The molecule has 0 spiro atoms. The third-order valence-corrected chi connectivity index (χ3v) is 6.24. The molecule has 0 N–H and O–H groups in total. The lowest BCUT2D eigenvalue weighted by molar-refractivity contribution is -0.152. The van der Waals surface area contributed by atoms with E-state index in [0.29, 0.717) is 10.5 Å². The predicted octanol–water partition coefficient (Wildman–Crippen LogP) is 1.09. The van der Waals surface area contributed by atoms with Gasteiger partial charge in [-0.05, 0) is 31.0 Å². The van der Waals surface area contributed by atoms with Crippen LogP contribution in [-0.2, 0) is 24.3 Å². The highest BCUT2D eigenvalue weighted by atomic mass is 32.2. The summed E-state index contributed by atoms with van der Waals surface area (Å²) in [5.74, 6) is -0.727. The van der Waals surface area contributed by atoms with Crippen molar-refractivity contribution in [3.63, 3.8) is 0 Å². The molecule has 7 nitrogen and oxygen atoms in total. The number of piperazine rings is 1. The molecule has 1 aliphatic heterocycles. The third-order valence-electron chi connectivity index (χ3n) is 4.20. The zero-order valence-electron chi connectivity index (χ0n) is 14.8. The molecule has 1 aromatic rings. The number of benzene rings is 1. The topological polar surface area (TPSA) is 84.0 Å². The molecule has 0 radical (unpaired) electrons. The van der Waals surface area contributed by atoms with Crippen LogP contribution in [0.15, 0.2) is 23.1 Å². The Bertz CT molecular complexity index is 752. The second-order valence-corrected chi connectivity index (χ2v) is 7.97. The molecular weight excluding hydrogens is 344 g/mol. The maximum Gasteiger partial charge on any atom is 0.306 e. The second kappa shape index (κ2) is 7.97. The maximum absolute atomic E-state index is 12.8. The molecule has 8 heteroatoms. The third kappa shape index (κ3) is 4.58. The van der Waals surface area contributed by atoms with E-state index in [-0.39, 0.29) is 45.1 Å². The van der Waals surface area contributed by atoms with Gasteiger partial charge in [-0.15, -0.1) is 0 Å². The molecule has 0 atom stereocenters. The van der Waals surface area contributed by atoms with Gasteiger partial charge in [-0.3, -0.25) is 9.59 Å². The Morgan fingerprint density at radius 3 is 2.36 bits per heavy atom. The molecule has 1 saturated heterocycles. The van der Waals surface area contributed by atoms with Gasteiger partial charge in [0.2, 0.25) is 10.0 Å². The van der Waals surface area contributed by atoms with Crippen LogP contribution in [0, 0.1) is 13.8 Å². The van der Waals surface area contributed by atoms with Gasteiger partial charge in [-0.25, -0.2) is 8.42 Å². The van der Waals surface area contributed by atoms with Crippen LogP contribution in [0.2, 0.25) is 0 Å². The van der Waals surface area contributed by atoms with E-state index >= 15 is 0 Å². The number of sulfonamides is 1. The minimum atomic E-state index is -3.58. The minimum Gasteiger partial charge on any atom is -0.456 e. The molecule has 25 heavy (non-hydrogen) atoms. The number of amides is 1. The first-order chi connectivity index (χ1) is 11.8. The SMILES string of the molecule is CCC(=O)OCC(=O)N1CCN(S(=O)(=O)c2cc(C)ccc2C)CC1. The van der Waals surface area contributed by atoms with Crippen LogP contribution in [0.1, 0.15) is 24.5 Å². The van der Waals surface area contributed by atoms with Crippen LogP contribution in [0.5, 0.6) is 0 Å². The van der Waals surface area contributed by atoms with Gasteiger partial charge in [0, 0.05) is 32.6 Å². The van der Waals surface area contributed by atoms with E-state index in [1.54, 1.807) is 26.0 Å². The van der Waals surface area contributed by atoms with Gasteiger partial charge in [0.15, 0.2) is 6.61 Å². The van der Waals surface area contributed by atoms with Crippen LogP contribution in [-0.4, -0.2) is 62.3 Å². The smallest absolute Gasteiger partial charge is 0.306 e. The Hall–Kier alpha value is -1.93. The van der Waals surface area contributed by atoms with Gasteiger partial charge in [-0.2, -0.15) is 4.31 Å². The molecule has 1 aromatic carbocycles. The first-order valence-corrected chi connectivity index (χ1v) is 9.70. The van der Waals surface area contributed by atoms with Crippen LogP contribution < -0.4 is 0 Å². The van der Waals surface area contributed by atoms with Crippen molar-refractivity contribution in [2.24, 2.45) is 0 Å². The predicted molar refractivity (Wildman–Crippen MR) is 92.5 cm³/mol. The molecule has 138 valence electrons. The van der Waals surface area contributed by atoms with Crippen LogP contribution in [0.3, 0.4) is 0 Å². The summed E-state index contributed by atoms with van der Waals surface area (Å²) in [7, 11) is -3.58. The largest absolute Gasteiger partial charge is 0.456 e. The van der Waals surface area contributed by atoms with Crippen LogP contribution in [0.25, 0.3) is 0 Å². The summed E-state index contributed by atoms with van der Waals surface area (Å²) < 4.78 is 31.9. The number of nitrogens with zero attached hydrogens (tertiary/aromatic N) is 2. The summed E-state index contributed by atoms with van der Waals surface area (Å²) >= 11 is 0.